The molecular weight excluding hydrogens is 827 g/mol. The molecule has 13 rings (SSSR count). The van der Waals surface area contributed by atoms with Crippen LogP contribution in [0.4, 0.5) is 17.1 Å². The summed E-state index contributed by atoms with van der Waals surface area (Å²) >= 11 is 1.91. The van der Waals surface area contributed by atoms with Crippen molar-refractivity contribution in [3.63, 3.8) is 0 Å². The summed E-state index contributed by atoms with van der Waals surface area (Å²) in [4.78, 5) is 2.48. The zero-order valence-electron chi connectivity index (χ0n) is 36.7. The number of hydrogen-bond acceptors (Lipinski definition) is 2. The van der Waals surface area contributed by atoms with E-state index in [0.717, 1.165) is 28.2 Å². The maximum atomic E-state index is 2.48. The van der Waals surface area contributed by atoms with Crippen molar-refractivity contribution in [3.8, 4) is 44.5 Å². The van der Waals surface area contributed by atoms with Gasteiger partial charge in [-0.2, -0.15) is 0 Å². The third kappa shape index (κ3) is 6.29. The Morgan fingerprint density at radius 1 is 0.299 bits per heavy atom. The van der Waals surface area contributed by atoms with Crippen molar-refractivity contribution in [1.29, 1.82) is 0 Å². The van der Waals surface area contributed by atoms with Gasteiger partial charge in [-0.1, -0.05) is 224 Å². The number of anilines is 3. The van der Waals surface area contributed by atoms with Gasteiger partial charge in [0.05, 0.1) is 11.1 Å². The predicted octanol–water partition coefficient (Wildman–Crippen LogP) is 18.0. The molecule has 0 saturated carbocycles. The smallest absolute Gasteiger partial charge is 0.0714 e. The molecule has 2 heteroatoms. The van der Waals surface area contributed by atoms with Crippen molar-refractivity contribution in [1.82, 2.24) is 0 Å². The summed E-state index contributed by atoms with van der Waals surface area (Å²) in [5, 5.41) is 5.21. The van der Waals surface area contributed by atoms with E-state index in [2.05, 4.69) is 266 Å². The van der Waals surface area contributed by atoms with Gasteiger partial charge < -0.3 is 4.90 Å². The van der Waals surface area contributed by atoms with Crippen LogP contribution in [-0.2, 0) is 5.41 Å². The Bertz CT molecular complexity index is 3740. The molecule has 314 valence electrons. The van der Waals surface area contributed by atoms with Crippen LogP contribution in [0.3, 0.4) is 0 Å². The van der Waals surface area contributed by atoms with Crippen LogP contribution in [0, 0.1) is 0 Å². The SMILES string of the molecule is c1ccc(-c2ccc(N(c3ccc(-c4cccc5c4sc4c6ccccc6ccc54)cc3)c3ccc4c(c3)C(c3ccccc3)(c3ccccc3)c3ccccc3-4)c(-c3ccccc3)c2)cc1. The van der Waals surface area contributed by atoms with Crippen LogP contribution in [0.1, 0.15) is 22.3 Å². The fourth-order valence-electron chi connectivity index (χ4n) is 10.9. The molecule has 0 N–H and O–H groups in total. The van der Waals surface area contributed by atoms with Crippen molar-refractivity contribution >= 4 is 59.3 Å². The van der Waals surface area contributed by atoms with Crippen molar-refractivity contribution in [3.05, 3.63) is 283 Å². The quantitative estimate of drug-likeness (QED) is 0.147. The lowest BCUT2D eigenvalue weighted by atomic mass is 9.67. The molecule has 0 fully saturated rings. The highest BCUT2D eigenvalue weighted by molar-refractivity contribution is 7.27. The first kappa shape index (κ1) is 39.1. The molecule has 0 spiro atoms. The van der Waals surface area contributed by atoms with Crippen molar-refractivity contribution < 1.29 is 0 Å². The maximum absolute atomic E-state index is 2.48. The summed E-state index contributed by atoms with van der Waals surface area (Å²) in [5.74, 6) is 0. The Hall–Kier alpha value is -8.30. The Kier molecular flexibility index (Phi) is 9.33. The fourth-order valence-corrected chi connectivity index (χ4v) is 12.3. The van der Waals surface area contributed by atoms with Crippen LogP contribution in [0.25, 0.3) is 75.5 Å². The average molecular weight is 870 g/mol. The van der Waals surface area contributed by atoms with E-state index in [0.29, 0.717) is 0 Å². The first-order valence-corrected chi connectivity index (χ1v) is 23.9. The molecule has 67 heavy (non-hydrogen) atoms. The lowest BCUT2D eigenvalue weighted by Crippen LogP contribution is -2.28. The number of nitrogens with zero attached hydrogens (tertiary/aromatic N) is 1. The second-order valence-electron chi connectivity index (χ2n) is 17.6. The van der Waals surface area contributed by atoms with Crippen molar-refractivity contribution in [2.75, 3.05) is 4.90 Å². The maximum Gasteiger partial charge on any atom is 0.0714 e. The second kappa shape index (κ2) is 16.0. The molecule has 1 heterocycles. The third-order valence-corrected chi connectivity index (χ3v) is 15.2. The lowest BCUT2D eigenvalue weighted by molar-refractivity contribution is 0.768. The van der Waals surface area contributed by atoms with Crippen LogP contribution >= 0.6 is 11.3 Å². The summed E-state index contributed by atoms with van der Waals surface area (Å²) in [6, 6.07) is 96.3. The second-order valence-corrected chi connectivity index (χ2v) is 18.6. The molecule has 1 aromatic heterocycles. The van der Waals surface area contributed by atoms with E-state index in [9.17, 15) is 0 Å². The Balaban J connectivity index is 1.04. The molecule has 12 aromatic rings. The van der Waals surface area contributed by atoms with E-state index in [1.807, 2.05) is 11.3 Å². The van der Waals surface area contributed by atoms with Gasteiger partial charge in [-0.25, -0.2) is 0 Å². The fraction of sp³-hybridized carbons (Fsp3) is 0.0154. The van der Waals surface area contributed by atoms with Gasteiger partial charge in [0.1, 0.15) is 0 Å². The van der Waals surface area contributed by atoms with Gasteiger partial charge in [0.2, 0.25) is 0 Å². The molecule has 1 aliphatic carbocycles. The van der Waals surface area contributed by atoms with Crippen molar-refractivity contribution in [2.24, 2.45) is 0 Å². The normalized spacial score (nSPS) is 12.6. The van der Waals surface area contributed by atoms with Gasteiger partial charge in [-0.05, 0) is 108 Å². The molecule has 0 saturated heterocycles. The number of thiophene rings is 1. The summed E-state index contributed by atoms with van der Waals surface area (Å²) < 4.78 is 2.66. The first-order chi connectivity index (χ1) is 33.2. The van der Waals surface area contributed by atoms with Gasteiger partial charge in [0.15, 0.2) is 0 Å². The molecule has 1 aliphatic rings. The number of fused-ring (bicyclic) bond motifs is 8. The van der Waals surface area contributed by atoms with E-state index < -0.39 is 5.41 Å². The Morgan fingerprint density at radius 2 is 0.851 bits per heavy atom. The molecule has 0 aliphatic heterocycles. The molecule has 11 aromatic carbocycles. The van der Waals surface area contributed by atoms with Gasteiger partial charge in [0.25, 0.3) is 0 Å². The highest BCUT2D eigenvalue weighted by atomic mass is 32.1. The number of hydrogen-bond donors (Lipinski definition) is 0. The van der Waals surface area contributed by atoms with Gasteiger partial charge in [-0.15, -0.1) is 11.3 Å². The lowest BCUT2D eigenvalue weighted by Gasteiger charge is -2.35. The largest absolute Gasteiger partial charge is 0.310 e. The van der Waals surface area contributed by atoms with Crippen LogP contribution < -0.4 is 4.90 Å². The van der Waals surface area contributed by atoms with Gasteiger partial charge in [0, 0.05) is 37.1 Å². The first-order valence-electron chi connectivity index (χ1n) is 23.1. The zero-order valence-corrected chi connectivity index (χ0v) is 37.5. The molecule has 0 bridgehead atoms. The monoisotopic (exact) mass is 869 g/mol. The highest BCUT2D eigenvalue weighted by Gasteiger charge is 2.46. The summed E-state index contributed by atoms with van der Waals surface area (Å²) in [7, 11) is 0. The Labute approximate surface area is 395 Å². The van der Waals surface area contributed by atoms with Crippen LogP contribution in [0.15, 0.2) is 261 Å². The summed E-state index contributed by atoms with van der Waals surface area (Å²) in [5.41, 5.74) is 17.5. The summed E-state index contributed by atoms with van der Waals surface area (Å²) in [6.07, 6.45) is 0. The zero-order chi connectivity index (χ0) is 44.3. The molecule has 0 unspecified atom stereocenters. The molecule has 1 nitrogen and oxygen atoms in total. The van der Waals surface area contributed by atoms with Gasteiger partial charge >= 0.3 is 0 Å². The standard InChI is InChI=1S/C65H43NS/c1-5-18-44(19-6-1)48-35-41-62(59(42-48)45-20-7-2-8-21-45)66(51-36-32-47(33-37-51)54-29-17-30-57-58-39-34-46-22-13-14-27-53(46)64(58)67-63(54)57)52-38-40-56-55-28-15-16-31-60(55)65(61(56)43-52,49-23-9-3-10-24-49)50-25-11-4-12-26-50/h1-43H. The minimum Gasteiger partial charge on any atom is -0.310 e. The van der Waals surface area contributed by atoms with E-state index in [1.54, 1.807) is 0 Å². The highest BCUT2D eigenvalue weighted by Crippen LogP contribution is 2.57. The molecule has 0 amide bonds. The molecule has 0 radical (unpaired) electrons. The number of rotatable bonds is 8. The minimum absolute atomic E-state index is 0.534. The van der Waals surface area contributed by atoms with Gasteiger partial charge in [-0.3, -0.25) is 0 Å². The number of benzene rings is 11. The average Bonchev–Trinajstić information content (AvgIpc) is 3.94. The van der Waals surface area contributed by atoms with E-state index in [-0.39, 0.29) is 0 Å². The van der Waals surface area contributed by atoms with E-state index in [4.69, 9.17) is 0 Å². The minimum atomic E-state index is -0.534. The van der Waals surface area contributed by atoms with Crippen molar-refractivity contribution in [2.45, 2.75) is 5.41 Å². The third-order valence-electron chi connectivity index (χ3n) is 14.0. The summed E-state index contributed by atoms with van der Waals surface area (Å²) in [6.45, 7) is 0. The van der Waals surface area contributed by atoms with Crippen LogP contribution in [-0.4, -0.2) is 0 Å². The van der Waals surface area contributed by atoms with Crippen LogP contribution in [0.2, 0.25) is 0 Å². The van der Waals surface area contributed by atoms with E-state index in [1.165, 1.54) is 86.6 Å². The molecular formula is C65H43NS. The predicted molar refractivity (Wildman–Crippen MR) is 285 cm³/mol. The topological polar surface area (TPSA) is 3.24 Å². The Morgan fingerprint density at radius 3 is 1.60 bits per heavy atom. The van der Waals surface area contributed by atoms with E-state index >= 15 is 0 Å². The molecule has 0 atom stereocenters. The van der Waals surface area contributed by atoms with Crippen LogP contribution in [0.5, 0.6) is 0 Å².